The Bertz CT molecular complexity index is 571. The smallest absolute Gasteiger partial charge is 0.315 e. The third-order valence-corrected chi connectivity index (χ3v) is 4.54. The lowest BCUT2D eigenvalue weighted by atomic mass is 10.1. The second kappa shape index (κ2) is 8.28. The third kappa shape index (κ3) is 4.80. The molecule has 1 fully saturated rings. The van der Waals surface area contributed by atoms with Crippen LogP contribution in [-0.4, -0.2) is 44.9 Å². The zero-order valence-electron chi connectivity index (χ0n) is 14.3. The van der Waals surface area contributed by atoms with Gasteiger partial charge in [-0.25, -0.2) is 13.6 Å². The number of carbonyl (C=O) groups is 1. The van der Waals surface area contributed by atoms with Gasteiger partial charge in [0, 0.05) is 38.5 Å². The van der Waals surface area contributed by atoms with E-state index in [1.165, 1.54) is 6.07 Å². The van der Waals surface area contributed by atoms with Crippen LogP contribution in [0.1, 0.15) is 20.3 Å². The van der Waals surface area contributed by atoms with Gasteiger partial charge < -0.3 is 20.3 Å². The number of nitrogens with one attached hydrogen (secondary N) is 2. The minimum absolute atomic E-state index is 0.0638. The molecule has 24 heavy (non-hydrogen) atoms. The highest BCUT2D eigenvalue weighted by molar-refractivity contribution is 5.74. The molecule has 0 aromatic heterocycles. The van der Waals surface area contributed by atoms with Crippen molar-refractivity contribution in [2.24, 2.45) is 5.92 Å². The van der Waals surface area contributed by atoms with Gasteiger partial charge in [-0.05, 0) is 38.3 Å². The van der Waals surface area contributed by atoms with Crippen LogP contribution in [0.5, 0.6) is 0 Å². The number of hydrogen-bond donors (Lipinski definition) is 2. The lowest BCUT2D eigenvalue weighted by Crippen LogP contribution is -2.47. The number of nitrogens with zero attached hydrogens (tertiary/aromatic N) is 1. The molecule has 0 unspecified atom stereocenters. The summed E-state index contributed by atoms with van der Waals surface area (Å²) in [7, 11) is 1.60. The van der Waals surface area contributed by atoms with E-state index < -0.39 is 11.6 Å². The predicted octanol–water partition coefficient (Wildman–Crippen LogP) is 2.51. The Morgan fingerprint density at radius 3 is 2.79 bits per heavy atom. The first-order valence-electron chi connectivity index (χ1n) is 8.18. The summed E-state index contributed by atoms with van der Waals surface area (Å²) in [6.07, 6.45) is 0.828. The average molecular weight is 341 g/mol. The van der Waals surface area contributed by atoms with Gasteiger partial charge >= 0.3 is 6.03 Å². The first kappa shape index (κ1) is 18.4. The monoisotopic (exact) mass is 341 g/mol. The maximum absolute atomic E-state index is 13.3. The van der Waals surface area contributed by atoms with Gasteiger partial charge in [0.2, 0.25) is 0 Å². The van der Waals surface area contributed by atoms with Crippen LogP contribution >= 0.6 is 0 Å². The van der Waals surface area contributed by atoms with Gasteiger partial charge in [-0.1, -0.05) is 0 Å². The van der Waals surface area contributed by atoms with Crippen molar-refractivity contribution in [1.29, 1.82) is 0 Å². The van der Waals surface area contributed by atoms with Crippen molar-refractivity contribution in [3.63, 3.8) is 0 Å². The van der Waals surface area contributed by atoms with Crippen LogP contribution in [0.25, 0.3) is 0 Å². The molecular formula is C17H25F2N3O2. The number of rotatable bonds is 6. The Balaban J connectivity index is 1.77. The molecule has 0 radical (unpaired) electrons. The fourth-order valence-electron chi connectivity index (χ4n) is 2.73. The molecule has 2 N–H and O–H groups in total. The fourth-order valence-corrected chi connectivity index (χ4v) is 2.73. The second-order valence-corrected chi connectivity index (χ2v) is 6.28. The predicted molar refractivity (Wildman–Crippen MR) is 89.1 cm³/mol. The van der Waals surface area contributed by atoms with Crippen molar-refractivity contribution >= 4 is 11.7 Å². The van der Waals surface area contributed by atoms with Gasteiger partial charge in [0.05, 0.1) is 12.1 Å². The molecule has 0 aliphatic carbocycles. The van der Waals surface area contributed by atoms with E-state index in [9.17, 15) is 13.6 Å². The summed E-state index contributed by atoms with van der Waals surface area (Å²) in [5.41, 5.74) is 0.670. The summed E-state index contributed by atoms with van der Waals surface area (Å²) in [6.45, 7) is 5.78. The Labute approximate surface area is 141 Å². The Morgan fingerprint density at radius 2 is 2.12 bits per heavy atom. The van der Waals surface area contributed by atoms with Crippen molar-refractivity contribution in [3.05, 3.63) is 29.8 Å². The quantitative estimate of drug-likeness (QED) is 0.836. The van der Waals surface area contributed by atoms with Gasteiger partial charge in [0.25, 0.3) is 0 Å². The van der Waals surface area contributed by atoms with Gasteiger partial charge in [0.15, 0.2) is 11.6 Å². The number of anilines is 1. The highest BCUT2D eigenvalue weighted by Gasteiger charge is 2.24. The number of ether oxygens (including phenoxy) is 1. The maximum atomic E-state index is 13.3. The molecule has 2 rings (SSSR count). The Hall–Kier alpha value is -1.89. The van der Waals surface area contributed by atoms with Crippen molar-refractivity contribution in [2.75, 3.05) is 31.6 Å². The van der Waals surface area contributed by atoms with E-state index in [0.29, 0.717) is 18.8 Å². The molecule has 3 atom stereocenters. The molecule has 1 aromatic carbocycles. The van der Waals surface area contributed by atoms with Gasteiger partial charge in [-0.15, -0.1) is 0 Å². The van der Waals surface area contributed by atoms with Crippen molar-refractivity contribution < 1.29 is 18.3 Å². The standard InChI is InChI=1S/C17H25F2N3O2/c1-11(12(2)24-3)21-17(23)20-9-13-6-7-22(10-13)14-4-5-15(18)16(19)8-14/h4-5,8,11-13H,6-7,9-10H2,1-3H3,(H2,20,21,23)/t11-,12-,13+/m0/s1. The lowest BCUT2D eigenvalue weighted by Gasteiger charge is -2.21. The van der Waals surface area contributed by atoms with Crippen LogP contribution < -0.4 is 15.5 Å². The van der Waals surface area contributed by atoms with E-state index in [0.717, 1.165) is 19.0 Å². The molecular weight excluding hydrogens is 316 g/mol. The summed E-state index contributed by atoms with van der Waals surface area (Å²) >= 11 is 0. The summed E-state index contributed by atoms with van der Waals surface area (Å²) in [6, 6.07) is 3.62. The first-order chi connectivity index (χ1) is 11.4. The summed E-state index contributed by atoms with van der Waals surface area (Å²) in [5.74, 6) is -1.40. The van der Waals surface area contributed by atoms with Crippen LogP contribution in [0.2, 0.25) is 0 Å². The van der Waals surface area contributed by atoms with Crippen LogP contribution in [0.15, 0.2) is 18.2 Å². The van der Waals surface area contributed by atoms with E-state index >= 15 is 0 Å². The molecule has 0 spiro atoms. The van der Waals surface area contributed by atoms with Crippen molar-refractivity contribution in [1.82, 2.24) is 10.6 Å². The minimum atomic E-state index is -0.841. The van der Waals surface area contributed by atoms with E-state index in [-0.39, 0.29) is 24.1 Å². The molecule has 1 aromatic rings. The second-order valence-electron chi connectivity index (χ2n) is 6.28. The number of carbonyl (C=O) groups excluding carboxylic acids is 1. The summed E-state index contributed by atoms with van der Waals surface area (Å²) < 4.78 is 31.5. The number of benzene rings is 1. The van der Waals surface area contributed by atoms with Crippen LogP contribution in [0.3, 0.4) is 0 Å². The van der Waals surface area contributed by atoms with Gasteiger partial charge in [-0.3, -0.25) is 0 Å². The number of hydrogen-bond acceptors (Lipinski definition) is 3. The van der Waals surface area contributed by atoms with Crippen LogP contribution in [0, 0.1) is 17.6 Å². The highest BCUT2D eigenvalue weighted by atomic mass is 19.2. The molecule has 1 heterocycles. The molecule has 0 bridgehead atoms. The normalized spacial score (nSPS) is 19.9. The van der Waals surface area contributed by atoms with Crippen LogP contribution in [0.4, 0.5) is 19.3 Å². The molecule has 1 saturated heterocycles. The SMILES string of the molecule is CO[C@@H](C)[C@H](C)NC(=O)NC[C@H]1CCN(c2ccc(F)c(F)c2)C1. The lowest BCUT2D eigenvalue weighted by molar-refractivity contribution is 0.0911. The van der Waals surface area contributed by atoms with E-state index in [4.69, 9.17) is 4.74 Å². The largest absolute Gasteiger partial charge is 0.380 e. The zero-order chi connectivity index (χ0) is 17.7. The van der Waals surface area contributed by atoms with Crippen molar-refractivity contribution in [2.45, 2.75) is 32.4 Å². The van der Waals surface area contributed by atoms with E-state index in [2.05, 4.69) is 10.6 Å². The Kier molecular flexibility index (Phi) is 6.36. The van der Waals surface area contributed by atoms with Gasteiger partial charge in [0.1, 0.15) is 0 Å². The van der Waals surface area contributed by atoms with Crippen molar-refractivity contribution in [3.8, 4) is 0 Å². The van der Waals surface area contributed by atoms with Crippen LogP contribution in [-0.2, 0) is 4.74 Å². The molecule has 5 nitrogen and oxygen atoms in total. The average Bonchev–Trinajstić information content (AvgIpc) is 3.03. The topological polar surface area (TPSA) is 53.6 Å². The van der Waals surface area contributed by atoms with E-state index in [1.807, 2.05) is 18.7 Å². The van der Waals surface area contributed by atoms with Gasteiger partial charge in [-0.2, -0.15) is 0 Å². The number of urea groups is 1. The highest BCUT2D eigenvalue weighted by Crippen LogP contribution is 2.24. The minimum Gasteiger partial charge on any atom is -0.380 e. The molecule has 1 aliphatic rings. The maximum Gasteiger partial charge on any atom is 0.315 e. The van der Waals surface area contributed by atoms with E-state index in [1.54, 1.807) is 13.2 Å². The molecule has 1 aliphatic heterocycles. The fraction of sp³-hybridized carbons (Fsp3) is 0.588. The molecule has 0 saturated carbocycles. The number of methoxy groups -OCH3 is 1. The summed E-state index contributed by atoms with van der Waals surface area (Å²) in [4.78, 5) is 13.9. The first-order valence-corrected chi connectivity index (χ1v) is 8.18. The number of halogens is 2. The Morgan fingerprint density at radius 1 is 1.38 bits per heavy atom. The molecule has 134 valence electrons. The molecule has 7 heteroatoms. The zero-order valence-corrected chi connectivity index (χ0v) is 14.3. The summed E-state index contributed by atoms with van der Waals surface area (Å²) in [5, 5.41) is 5.69. The number of amides is 2. The third-order valence-electron chi connectivity index (χ3n) is 4.54. The molecule has 2 amide bonds.